The van der Waals surface area contributed by atoms with Crippen molar-refractivity contribution in [3.05, 3.63) is 48.5 Å². The Morgan fingerprint density at radius 2 is 1.80 bits per heavy atom. The van der Waals surface area contributed by atoms with Crippen LogP contribution >= 0.6 is 0 Å². The molecule has 0 fully saturated rings. The number of ether oxygens (including phenoxy) is 1. The van der Waals surface area contributed by atoms with Crippen LogP contribution in [0.2, 0.25) is 0 Å². The molecule has 0 spiro atoms. The highest BCUT2D eigenvalue weighted by Crippen LogP contribution is 2.34. The fourth-order valence-electron chi connectivity index (χ4n) is 2.06. The third-order valence-corrected chi connectivity index (χ3v) is 3.83. The van der Waals surface area contributed by atoms with Gasteiger partial charge in [-0.15, -0.1) is 0 Å². The monoisotopic (exact) mass is 350 g/mol. The predicted molar refractivity (Wildman–Crippen MR) is 85.0 cm³/mol. The first-order valence-electron chi connectivity index (χ1n) is 7.36. The van der Waals surface area contributed by atoms with Crippen LogP contribution in [0.4, 0.5) is 13.2 Å². The first-order valence-corrected chi connectivity index (χ1v) is 7.36. The Labute approximate surface area is 143 Å². The quantitative estimate of drug-likeness (QED) is 0.895. The van der Waals surface area contributed by atoms with Crippen LogP contribution in [0.15, 0.2) is 43.0 Å². The highest BCUT2D eigenvalue weighted by Gasteiger charge is 2.54. The number of rotatable bonds is 5. The average molecular weight is 350 g/mol. The maximum atomic E-state index is 13.0. The largest absolute Gasteiger partial charge is 0.430 e. The highest BCUT2D eigenvalue weighted by molar-refractivity contribution is 5.62. The third kappa shape index (κ3) is 4.13. The fourth-order valence-corrected chi connectivity index (χ4v) is 2.06. The van der Waals surface area contributed by atoms with Crippen LogP contribution in [0.3, 0.4) is 0 Å². The zero-order chi connectivity index (χ0) is 18.7. The molecule has 25 heavy (non-hydrogen) atoms. The predicted octanol–water partition coefficient (Wildman–Crippen LogP) is 3.18. The van der Waals surface area contributed by atoms with Crippen LogP contribution < -0.4 is 5.73 Å². The molecule has 0 aliphatic carbocycles. The fraction of sp³-hybridized carbons (Fsp3) is 0.353. The van der Waals surface area contributed by atoms with Crippen LogP contribution in [0.25, 0.3) is 11.1 Å². The van der Waals surface area contributed by atoms with Gasteiger partial charge >= 0.3 is 6.18 Å². The number of nitriles is 1. The Kier molecular flexibility index (Phi) is 5.11. The number of benzene rings is 1. The van der Waals surface area contributed by atoms with Gasteiger partial charge in [-0.1, -0.05) is 18.2 Å². The van der Waals surface area contributed by atoms with E-state index in [4.69, 9.17) is 15.7 Å². The summed E-state index contributed by atoms with van der Waals surface area (Å²) in [5, 5.41) is 8.83. The number of aromatic nitrogens is 2. The summed E-state index contributed by atoms with van der Waals surface area (Å²) >= 11 is 0. The summed E-state index contributed by atoms with van der Waals surface area (Å²) in [4.78, 5) is 7.86. The molecule has 1 aromatic heterocycles. The maximum Gasteiger partial charge on any atom is 0.430 e. The van der Waals surface area contributed by atoms with Crippen molar-refractivity contribution < 1.29 is 17.9 Å². The standard InChI is InChI=1S/C17H17F3N4O/c1-15(22,10-25-16(2,9-21)17(18,19)20)14-5-3-4-12(6-14)13-7-23-11-24-8-13/h3-8,11H,10,22H2,1-2H3. The van der Waals surface area contributed by atoms with E-state index in [9.17, 15) is 13.2 Å². The highest BCUT2D eigenvalue weighted by atomic mass is 19.4. The number of nitrogens with two attached hydrogens (primary N) is 1. The smallest absolute Gasteiger partial charge is 0.350 e. The molecule has 8 heteroatoms. The Balaban J connectivity index is 2.24. The van der Waals surface area contributed by atoms with Crippen LogP contribution in [0, 0.1) is 11.3 Å². The number of hydrogen-bond donors (Lipinski definition) is 1. The summed E-state index contributed by atoms with van der Waals surface area (Å²) in [6.07, 6.45) is -0.186. The van der Waals surface area contributed by atoms with Gasteiger partial charge in [-0.25, -0.2) is 9.97 Å². The van der Waals surface area contributed by atoms with Gasteiger partial charge in [0.05, 0.1) is 12.1 Å². The second-order valence-electron chi connectivity index (χ2n) is 6.06. The molecule has 0 amide bonds. The zero-order valence-electron chi connectivity index (χ0n) is 13.7. The van der Waals surface area contributed by atoms with E-state index >= 15 is 0 Å². The van der Waals surface area contributed by atoms with Crippen LogP contribution in [-0.4, -0.2) is 28.4 Å². The van der Waals surface area contributed by atoms with Gasteiger partial charge in [0.15, 0.2) is 0 Å². The summed E-state index contributed by atoms with van der Waals surface area (Å²) in [5.41, 5.74) is 4.10. The van der Waals surface area contributed by atoms with Crippen LogP contribution in [0.5, 0.6) is 0 Å². The minimum Gasteiger partial charge on any atom is -0.350 e. The van der Waals surface area contributed by atoms with Gasteiger partial charge < -0.3 is 10.5 Å². The maximum absolute atomic E-state index is 13.0. The molecule has 2 atom stereocenters. The topological polar surface area (TPSA) is 84.8 Å². The number of nitrogens with zero attached hydrogens (tertiary/aromatic N) is 3. The van der Waals surface area contributed by atoms with E-state index in [-0.39, 0.29) is 0 Å². The van der Waals surface area contributed by atoms with Crippen molar-refractivity contribution in [2.75, 3.05) is 6.61 Å². The van der Waals surface area contributed by atoms with Crippen LogP contribution in [0.1, 0.15) is 19.4 Å². The van der Waals surface area contributed by atoms with Crippen molar-refractivity contribution in [2.24, 2.45) is 5.73 Å². The van der Waals surface area contributed by atoms with Gasteiger partial charge in [-0.3, -0.25) is 0 Å². The van der Waals surface area contributed by atoms with Crippen molar-refractivity contribution in [1.29, 1.82) is 5.26 Å². The molecule has 0 saturated carbocycles. The molecule has 0 bridgehead atoms. The summed E-state index contributed by atoms with van der Waals surface area (Å²) in [6, 6.07) is 8.13. The molecule has 2 N–H and O–H groups in total. The first-order chi connectivity index (χ1) is 11.6. The number of halogens is 3. The molecule has 0 aliphatic rings. The Morgan fingerprint density at radius 1 is 1.16 bits per heavy atom. The minimum absolute atomic E-state index is 0.481. The van der Waals surface area contributed by atoms with E-state index in [2.05, 4.69) is 9.97 Å². The van der Waals surface area contributed by atoms with E-state index in [1.54, 1.807) is 37.5 Å². The SMILES string of the molecule is CC(N)(COC(C)(C#N)C(F)(F)F)c1cccc(-c2cncnc2)c1. The van der Waals surface area contributed by atoms with Gasteiger partial charge in [0.25, 0.3) is 0 Å². The minimum atomic E-state index is -4.82. The molecule has 2 unspecified atom stereocenters. The van der Waals surface area contributed by atoms with E-state index in [1.807, 2.05) is 6.07 Å². The average Bonchev–Trinajstić information content (AvgIpc) is 2.59. The van der Waals surface area contributed by atoms with Gasteiger partial charge in [-0.05, 0) is 31.0 Å². The van der Waals surface area contributed by atoms with Gasteiger partial charge in [0.2, 0.25) is 5.60 Å². The molecule has 0 aliphatic heterocycles. The van der Waals surface area contributed by atoms with E-state index in [1.165, 1.54) is 6.33 Å². The zero-order valence-corrected chi connectivity index (χ0v) is 13.7. The molecule has 0 saturated heterocycles. The lowest BCUT2D eigenvalue weighted by molar-refractivity contribution is -0.250. The lowest BCUT2D eigenvalue weighted by Crippen LogP contribution is -2.48. The molecule has 1 aromatic carbocycles. The molecule has 2 rings (SSSR count). The van der Waals surface area contributed by atoms with Crippen molar-refractivity contribution in [3.63, 3.8) is 0 Å². The number of hydrogen-bond acceptors (Lipinski definition) is 5. The Hall–Kier alpha value is -2.50. The molecule has 1 heterocycles. The lowest BCUT2D eigenvalue weighted by Gasteiger charge is -2.31. The number of alkyl halides is 3. The molecule has 0 radical (unpaired) electrons. The van der Waals surface area contributed by atoms with Gasteiger partial charge in [0.1, 0.15) is 12.4 Å². The summed E-state index contributed by atoms with van der Waals surface area (Å²) in [6.45, 7) is 1.74. The van der Waals surface area contributed by atoms with Crippen molar-refractivity contribution >= 4 is 0 Å². The van der Waals surface area contributed by atoms with Crippen molar-refractivity contribution in [1.82, 2.24) is 9.97 Å². The van der Waals surface area contributed by atoms with E-state index in [0.29, 0.717) is 12.5 Å². The van der Waals surface area contributed by atoms with Gasteiger partial charge in [-0.2, -0.15) is 18.4 Å². The van der Waals surface area contributed by atoms with Gasteiger partial charge in [0, 0.05) is 18.0 Å². The summed E-state index contributed by atoms with van der Waals surface area (Å²) in [5.74, 6) is 0. The molecule has 5 nitrogen and oxygen atoms in total. The molecule has 2 aromatic rings. The molecule has 132 valence electrons. The summed E-state index contributed by atoms with van der Waals surface area (Å²) < 4.78 is 43.8. The Morgan fingerprint density at radius 3 is 2.36 bits per heavy atom. The van der Waals surface area contributed by atoms with Crippen LogP contribution in [-0.2, 0) is 10.3 Å². The second kappa shape index (κ2) is 6.78. The second-order valence-corrected chi connectivity index (χ2v) is 6.06. The van der Waals surface area contributed by atoms with Crippen molar-refractivity contribution in [2.45, 2.75) is 31.2 Å². The van der Waals surface area contributed by atoms with Crippen molar-refractivity contribution in [3.8, 4) is 17.2 Å². The van der Waals surface area contributed by atoms with E-state index in [0.717, 1.165) is 17.2 Å². The summed E-state index contributed by atoms with van der Waals surface area (Å²) in [7, 11) is 0. The normalized spacial score (nSPS) is 16.5. The Bertz CT molecular complexity index is 771. The lowest BCUT2D eigenvalue weighted by atomic mass is 9.91. The first kappa shape index (κ1) is 18.8. The van der Waals surface area contributed by atoms with E-state index < -0.39 is 23.9 Å². The molecular formula is C17H17F3N4O. The third-order valence-electron chi connectivity index (χ3n) is 3.83. The molecular weight excluding hydrogens is 333 g/mol.